The maximum atomic E-state index is 12.6. The van der Waals surface area contributed by atoms with Gasteiger partial charge in [-0.2, -0.15) is 4.99 Å². The Morgan fingerprint density at radius 3 is 2.15 bits per heavy atom. The van der Waals surface area contributed by atoms with Crippen LogP contribution < -0.4 is 0 Å². The summed E-state index contributed by atoms with van der Waals surface area (Å²) < 4.78 is 5.98. The van der Waals surface area contributed by atoms with Gasteiger partial charge in [0.25, 0.3) is 0 Å². The molecule has 3 aromatic rings. The second-order valence-electron chi connectivity index (χ2n) is 6.23. The lowest BCUT2D eigenvalue weighted by Crippen LogP contribution is -2.29. The summed E-state index contributed by atoms with van der Waals surface area (Å²) in [5.41, 5.74) is 3.63. The van der Waals surface area contributed by atoms with Gasteiger partial charge in [0, 0.05) is 16.7 Å². The van der Waals surface area contributed by atoms with Gasteiger partial charge in [0.2, 0.25) is 6.08 Å². The molecule has 26 heavy (non-hydrogen) atoms. The first-order valence-electron chi connectivity index (χ1n) is 8.23. The molecular weight excluding hydrogens is 326 g/mol. The lowest BCUT2D eigenvalue weighted by atomic mass is 9.79. The van der Waals surface area contributed by atoms with Crippen LogP contribution in [0.1, 0.15) is 32.6 Å². The molecule has 1 unspecified atom stereocenters. The Labute approximate surface area is 150 Å². The third-order valence-corrected chi connectivity index (χ3v) is 4.68. The highest BCUT2D eigenvalue weighted by molar-refractivity contribution is 5.96. The minimum Gasteiger partial charge on any atom is -0.441 e. The molecule has 1 atom stereocenters. The smallest absolute Gasteiger partial charge is 0.340 e. The van der Waals surface area contributed by atoms with Gasteiger partial charge in [-0.25, -0.2) is 9.59 Å². The molecule has 4 heteroatoms. The zero-order chi connectivity index (χ0) is 18.1. The number of aliphatic imine (C=N–C) groups is 1. The Balaban J connectivity index is 1.98. The molecule has 0 aliphatic carbocycles. The topological polar surface area (TPSA) is 55.7 Å². The highest BCUT2D eigenvalue weighted by Gasteiger charge is 2.48. The molecule has 0 spiro atoms. The second kappa shape index (κ2) is 6.10. The Kier molecular flexibility index (Phi) is 3.76. The molecule has 0 amide bonds. The van der Waals surface area contributed by atoms with E-state index in [1.165, 1.54) is 6.08 Å². The first-order chi connectivity index (χ1) is 12.6. The summed E-state index contributed by atoms with van der Waals surface area (Å²) in [6.45, 7) is 2.01. The van der Waals surface area contributed by atoms with Crippen molar-refractivity contribution in [2.45, 2.75) is 12.5 Å². The largest absolute Gasteiger partial charge is 0.441 e. The third-order valence-electron chi connectivity index (χ3n) is 4.68. The molecule has 3 aromatic carbocycles. The first-order valence-corrected chi connectivity index (χ1v) is 8.23. The molecule has 1 aliphatic heterocycles. The number of hydrogen-bond acceptors (Lipinski definition) is 4. The van der Waals surface area contributed by atoms with Crippen LogP contribution in [0, 0.1) is 6.92 Å². The van der Waals surface area contributed by atoms with Crippen molar-refractivity contribution in [3.8, 4) is 0 Å². The number of hydrogen-bond donors (Lipinski definition) is 0. The predicted molar refractivity (Wildman–Crippen MR) is 97.1 cm³/mol. The highest BCUT2D eigenvalue weighted by Crippen LogP contribution is 2.47. The van der Waals surface area contributed by atoms with Crippen molar-refractivity contribution in [1.82, 2.24) is 0 Å². The van der Waals surface area contributed by atoms with Crippen LogP contribution in [0.3, 0.4) is 0 Å². The van der Waals surface area contributed by atoms with E-state index in [2.05, 4.69) is 4.99 Å². The number of isocyanates is 1. The van der Waals surface area contributed by atoms with Gasteiger partial charge in [-0.1, -0.05) is 60.2 Å². The average Bonchev–Trinajstić information content (AvgIpc) is 2.97. The van der Waals surface area contributed by atoms with Crippen LogP contribution in [-0.2, 0) is 15.1 Å². The van der Waals surface area contributed by atoms with Gasteiger partial charge in [-0.05, 0) is 25.1 Å². The minimum absolute atomic E-state index is 0.351. The van der Waals surface area contributed by atoms with E-state index in [0.717, 1.165) is 22.3 Å². The van der Waals surface area contributed by atoms with Crippen LogP contribution in [0.25, 0.3) is 0 Å². The molecule has 0 radical (unpaired) electrons. The van der Waals surface area contributed by atoms with Crippen LogP contribution in [0.4, 0.5) is 5.69 Å². The Hall–Kier alpha value is -3.49. The molecule has 126 valence electrons. The maximum absolute atomic E-state index is 12.6. The average molecular weight is 341 g/mol. The number of aryl methyl sites for hydroxylation is 1. The Morgan fingerprint density at radius 2 is 1.50 bits per heavy atom. The summed E-state index contributed by atoms with van der Waals surface area (Å²) in [6, 6.07) is 22.4. The number of cyclic esters (lactones) is 1. The summed E-state index contributed by atoms with van der Waals surface area (Å²) in [5, 5.41) is 0. The highest BCUT2D eigenvalue weighted by atomic mass is 16.6. The van der Waals surface area contributed by atoms with E-state index < -0.39 is 5.60 Å². The van der Waals surface area contributed by atoms with E-state index in [0.29, 0.717) is 11.3 Å². The van der Waals surface area contributed by atoms with Crippen molar-refractivity contribution in [2.75, 3.05) is 0 Å². The molecule has 0 bridgehead atoms. The second-order valence-corrected chi connectivity index (χ2v) is 6.23. The van der Waals surface area contributed by atoms with Crippen LogP contribution in [0.5, 0.6) is 0 Å². The van der Waals surface area contributed by atoms with E-state index in [9.17, 15) is 9.59 Å². The number of benzene rings is 3. The number of ether oxygens (including phenoxy) is 1. The zero-order valence-corrected chi connectivity index (χ0v) is 14.1. The number of esters is 1. The molecule has 4 rings (SSSR count). The van der Waals surface area contributed by atoms with Gasteiger partial charge >= 0.3 is 5.97 Å². The fourth-order valence-corrected chi connectivity index (χ4v) is 3.42. The van der Waals surface area contributed by atoms with E-state index >= 15 is 0 Å². The van der Waals surface area contributed by atoms with E-state index in [1.807, 2.05) is 61.5 Å². The van der Waals surface area contributed by atoms with Crippen LogP contribution in [0.2, 0.25) is 0 Å². The fraction of sp³-hybridized carbons (Fsp3) is 0.0909. The normalized spacial score (nSPS) is 18.0. The van der Waals surface area contributed by atoms with Gasteiger partial charge in [-0.3, -0.25) is 0 Å². The molecule has 4 nitrogen and oxygen atoms in total. The molecule has 0 saturated heterocycles. The predicted octanol–water partition coefficient (Wildman–Crippen LogP) is 4.42. The van der Waals surface area contributed by atoms with Gasteiger partial charge in [0.15, 0.2) is 5.60 Å². The molecular formula is C22H15NO3. The van der Waals surface area contributed by atoms with Crippen LogP contribution in [-0.4, -0.2) is 12.0 Å². The quantitative estimate of drug-likeness (QED) is 0.402. The van der Waals surface area contributed by atoms with Crippen LogP contribution >= 0.6 is 0 Å². The number of nitrogens with zero attached hydrogens (tertiary/aromatic N) is 1. The number of rotatable bonds is 3. The van der Waals surface area contributed by atoms with Crippen molar-refractivity contribution < 1.29 is 14.3 Å². The summed E-state index contributed by atoms with van der Waals surface area (Å²) in [5.74, 6) is -0.351. The monoisotopic (exact) mass is 341 g/mol. The van der Waals surface area contributed by atoms with Crippen molar-refractivity contribution in [3.05, 3.63) is 101 Å². The molecule has 0 N–H and O–H groups in total. The number of fused-ring (bicyclic) bond motifs is 1. The van der Waals surface area contributed by atoms with E-state index in [1.54, 1.807) is 18.2 Å². The summed E-state index contributed by atoms with van der Waals surface area (Å²) >= 11 is 0. The maximum Gasteiger partial charge on any atom is 0.340 e. The molecule has 0 fully saturated rings. The summed E-state index contributed by atoms with van der Waals surface area (Å²) in [7, 11) is 0. The number of carbonyl (C=O) groups is 1. The Bertz CT molecular complexity index is 1030. The van der Waals surface area contributed by atoms with Crippen molar-refractivity contribution in [2.24, 2.45) is 4.99 Å². The lowest BCUT2D eigenvalue weighted by molar-refractivity contribution is 0.0251. The fourth-order valence-electron chi connectivity index (χ4n) is 3.42. The molecule has 1 aliphatic rings. The van der Waals surface area contributed by atoms with Crippen molar-refractivity contribution in [1.29, 1.82) is 0 Å². The van der Waals surface area contributed by atoms with Gasteiger partial charge in [0.05, 0.1) is 11.3 Å². The van der Waals surface area contributed by atoms with Gasteiger partial charge in [-0.15, -0.1) is 0 Å². The zero-order valence-electron chi connectivity index (χ0n) is 14.1. The number of carbonyl (C=O) groups excluding carboxylic acids is 2. The van der Waals surface area contributed by atoms with Crippen molar-refractivity contribution >= 4 is 17.7 Å². The minimum atomic E-state index is -1.02. The van der Waals surface area contributed by atoms with Crippen LogP contribution in [0.15, 0.2) is 77.8 Å². The van der Waals surface area contributed by atoms with Gasteiger partial charge in [0.1, 0.15) is 0 Å². The molecule has 1 heterocycles. The van der Waals surface area contributed by atoms with Gasteiger partial charge < -0.3 is 4.74 Å². The van der Waals surface area contributed by atoms with Crippen molar-refractivity contribution in [3.63, 3.8) is 0 Å². The lowest BCUT2D eigenvalue weighted by Gasteiger charge is -2.30. The standard InChI is InChI=1S/C22H15NO3/c1-15-6-8-16(9-7-15)22(17-10-12-18(13-11-17)23-14-24)20-5-3-2-4-19(20)21(25)26-22/h2-13H,1H3. The Morgan fingerprint density at radius 1 is 0.885 bits per heavy atom. The molecule has 0 aromatic heterocycles. The molecule has 0 saturated carbocycles. The van der Waals surface area contributed by atoms with E-state index in [4.69, 9.17) is 4.74 Å². The first kappa shape index (κ1) is 16.0. The summed E-state index contributed by atoms with van der Waals surface area (Å²) in [6.07, 6.45) is 1.53. The summed E-state index contributed by atoms with van der Waals surface area (Å²) in [4.78, 5) is 26.7. The third kappa shape index (κ3) is 2.36. The SMILES string of the molecule is Cc1ccc(C2(c3ccc(N=C=O)cc3)OC(=O)c3ccccc32)cc1. The van der Waals surface area contributed by atoms with E-state index in [-0.39, 0.29) is 5.97 Å².